The molecule has 0 radical (unpaired) electrons. The summed E-state index contributed by atoms with van der Waals surface area (Å²) in [6.07, 6.45) is 0. The summed E-state index contributed by atoms with van der Waals surface area (Å²) in [6.45, 7) is 6.94. The minimum Gasteiger partial charge on any atom is -0.353 e. The maximum absolute atomic E-state index is 13.5. The quantitative estimate of drug-likeness (QED) is 0.818. The fourth-order valence-corrected chi connectivity index (χ4v) is 2.94. The largest absolute Gasteiger partial charge is 0.353 e. The van der Waals surface area contributed by atoms with Crippen LogP contribution in [0.4, 0.5) is 15.8 Å². The van der Waals surface area contributed by atoms with E-state index in [1.54, 1.807) is 12.1 Å². The summed E-state index contributed by atoms with van der Waals surface area (Å²) in [5.74, 6) is -0.230. The van der Waals surface area contributed by atoms with Crippen molar-refractivity contribution in [1.82, 2.24) is 0 Å². The summed E-state index contributed by atoms with van der Waals surface area (Å²) < 4.78 is 13.5. The van der Waals surface area contributed by atoms with Crippen molar-refractivity contribution < 1.29 is 4.39 Å². The molecule has 0 bridgehead atoms. The highest BCUT2D eigenvalue weighted by atomic mass is 28.3. The highest BCUT2D eigenvalue weighted by Gasteiger charge is 2.15. The average Bonchev–Trinajstić information content (AvgIpc) is 2.32. The third-order valence-corrected chi connectivity index (χ3v) is 4.97. The molecule has 0 aliphatic rings. The second-order valence-electron chi connectivity index (χ2n) is 5.43. The molecule has 0 saturated carbocycles. The van der Waals surface area contributed by atoms with Crippen LogP contribution in [0.15, 0.2) is 48.5 Å². The number of hydrogen-bond donors (Lipinski definition) is 1. The fraction of sp³-hybridized carbons (Fsp3) is 0.200. The second kappa shape index (κ2) is 4.94. The first-order valence-corrected chi connectivity index (χ1v) is 9.59. The molecule has 0 amide bonds. The minimum absolute atomic E-state index is 0.230. The zero-order chi connectivity index (χ0) is 13.2. The second-order valence-corrected chi connectivity index (χ2v) is 10.5. The van der Waals surface area contributed by atoms with Crippen LogP contribution in [-0.2, 0) is 0 Å². The molecule has 1 nitrogen and oxygen atoms in total. The van der Waals surface area contributed by atoms with Crippen LogP contribution in [0.3, 0.4) is 0 Å². The Morgan fingerprint density at radius 2 is 1.50 bits per heavy atom. The lowest BCUT2D eigenvalue weighted by Crippen LogP contribution is -2.37. The zero-order valence-corrected chi connectivity index (χ0v) is 12.0. The zero-order valence-electron chi connectivity index (χ0n) is 11.0. The molecular weight excluding hydrogens is 241 g/mol. The predicted molar refractivity (Wildman–Crippen MR) is 79.1 cm³/mol. The smallest absolute Gasteiger partial charge is 0.146 e. The molecule has 0 atom stereocenters. The first-order valence-electron chi connectivity index (χ1n) is 6.09. The Kier molecular flexibility index (Phi) is 3.52. The molecule has 2 aromatic rings. The lowest BCUT2D eigenvalue weighted by Gasteiger charge is -2.17. The van der Waals surface area contributed by atoms with Gasteiger partial charge in [0.2, 0.25) is 0 Å². The van der Waals surface area contributed by atoms with Gasteiger partial charge in [0.05, 0.1) is 13.8 Å². The Hall–Kier alpha value is -1.61. The average molecular weight is 259 g/mol. The van der Waals surface area contributed by atoms with E-state index in [9.17, 15) is 4.39 Å². The third-order valence-electron chi connectivity index (χ3n) is 2.90. The van der Waals surface area contributed by atoms with Crippen molar-refractivity contribution in [2.75, 3.05) is 5.32 Å². The molecule has 0 fully saturated rings. The molecule has 2 rings (SSSR count). The van der Waals surface area contributed by atoms with Gasteiger partial charge in [-0.25, -0.2) is 4.39 Å². The van der Waals surface area contributed by atoms with Crippen molar-refractivity contribution in [2.24, 2.45) is 0 Å². The van der Waals surface area contributed by atoms with Crippen molar-refractivity contribution in [2.45, 2.75) is 19.6 Å². The van der Waals surface area contributed by atoms with Crippen LogP contribution >= 0.6 is 0 Å². The Bertz CT molecular complexity index is 529. The lowest BCUT2D eigenvalue weighted by atomic mass is 10.2. The fourth-order valence-electron chi connectivity index (χ4n) is 1.77. The van der Waals surface area contributed by atoms with Crippen LogP contribution in [0.2, 0.25) is 19.6 Å². The lowest BCUT2D eigenvalue weighted by molar-refractivity contribution is 0.632. The molecule has 0 aliphatic carbocycles. The van der Waals surface area contributed by atoms with Crippen LogP contribution in [0.5, 0.6) is 0 Å². The van der Waals surface area contributed by atoms with Gasteiger partial charge in [0.1, 0.15) is 5.82 Å². The van der Waals surface area contributed by atoms with Gasteiger partial charge in [0.15, 0.2) is 0 Å². The van der Waals surface area contributed by atoms with E-state index in [2.05, 4.69) is 37.1 Å². The Morgan fingerprint density at radius 1 is 0.889 bits per heavy atom. The Labute approximate surface area is 109 Å². The highest BCUT2D eigenvalue weighted by molar-refractivity contribution is 6.88. The molecule has 0 heterocycles. The van der Waals surface area contributed by atoms with Gasteiger partial charge in [0, 0.05) is 5.69 Å². The predicted octanol–water partition coefficient (Wildman–Crippen LogP) is 4.11. The van der Waals surface area contributed by atoms with Crippen molar-refractivity contribution in [3.8, 4) is 0 Å². The molecule has 2 aromatic carbocycles. The van der Waals surface area contributed by atoms with E-state index in [1.807, 2.05) is 18.2 Å². The topological polar surface area (TPSA) is 12.0 Å². The maximum Gasteiger partial charge on any atom is 0.146 e. The normalized spacial score (nSPS) is 11.3. The first kappa shape index (κ1) is 12.8. The molecule has 0 spiro atoms. The molecule has 0 aromatic heterocycles. The van der Waals surface area contributed by atoms with E-state index in [4.69, 9.17) is 0 Å². The number of halogens is 1. The van der Waals surface area contributed by atoms with E-state index < -0.39 is 8.07 Å². The molecule has 0 aliphatic heterocycles. The van der Waals surface area contributed by atoms with E-state index in [0.29, 0.717) is 5.69 Å². The number of para-hydroxylation sites is 1. The van der Waals surface area contributed by atoms with Crippen LogP contribution in [0.1, 0.15) is 0 Å². The maximum atomic E-state index is 13.5. The van der Waals surface area contributed by atoms with E-state index in [0.717, 1.165) is 5.69 Å². The third kappa shape index (κ3) is 2.99. The number of benzene rings is 2. The molecule has 1 N–H and O–H groups in total. The molecule has 94 valence electrons. The molecule has 0 unspecified atom stereocenters. The monoisotopic (exact) mass is 259 g/mol. The minimum atomic E-state index is -1.26. The summed E-state index contributed by atoms with van der Waals surface area (Å²) in [5, 5.41) is 4.50. The van der Waals surface area contributed by atoms with E-state index >= 15 is 0 Å². The number of hydrogen-bond acceptors (Lipinski definition) is 1. The van der Waals surface area contributed by atoms with Gasteiger partial charge in [-0.1, -0.05) is 49.1 Å². The van der Waals surface area contributed by atoms with Crippen molar-refractivity contribution in [1.29, 1.82) is 0 Å². The van der Waals surface area contributed by atoms with Crippen LogP contribution in [0, 0.1) is 5.82 Å². The standard InChI is InChI=1S/C15H18FNSi/c1-18(2,3)13-10-8-12(9-11-13)17-15-7-5-4-6-14(15)16/h4-11,17H,1-3H3. The van der Waals surface area contributed by atoms with Crippen molar-refractivity contribution >= 4 is 24.6 Å². The summed E-state index contributed by atoms with van der Waals surface area (Å²) >= 11 is 0. The van der Waals surface area contributed by atoms with Gasteiger partial charge in [-0.2, -0.15) is 0 Å². The molecule has 18 heavy (non-hydrogen) atoms. The SMILES string of the molecule is C[Si](C)(C)c1ccc(Nc2ccccc2F)cc1. The number of nitrogens with one attached hydrogen (secondary N) is 1. The van der Waals surface area contributed by atoms with Crippen LogP contribution < -0.4 is 10.5 Å². The van der Waals surface area contributed by atoms with Gasteiger partial charge in [0.25, 0.3) is 0 Å². The summed E-state index contributed by atoms with van der Waals surface area (Å²) in [5.41, 5.74) is 1.43. The van der Waals surface area contributed by atoms with Gasteiger partial charge < -0.3 is 5.32 Å². The summed E-state index contributed by atoms with van der Waals surface area (Å²) in [6, 6.07) is 15.0. The number of rotatable bonds is 3. The van der Waals surface area contributed by atoms with Crippen LogP contribution in [0.25, 0.3) is 0 Å². The van der Waals surface area contributed by atoms with Gasteiger partial charge >= 0.3 is 0 Å². The Balaban J connectivity index is 2.19. The van der Waals surface area contributed by atoms with Crippen molar-refractivity contribution in [3.05, 3.63) is 54.3 Å². The Morgan fingerprint density at radius 3 is 2.06 bits per heavy atom. The van der Waals surface area contributed by atoms with Crippen LogP contribution in [-0.4, -0.2) is 8.07 Å². The molecule has 0 saturated heterocycles. The summed E-state index contributed by atoms with van der Waals surface area (Å²) in [4.78, 5) is 0. The van der Waals surface area contributed by atoms with Gasteiger partial charge in [-0.15, -0.1) is 0 Å². The molecule has 3 heteroatoms. The van der Waals surface area contributed by atoms with Gasteiger partial charge in [-0.05, 0) is 24.3 Å². The summed E-state index contributed by atoms with van der Waals surface area (Å²) in [7, 11) is -1.26. The molecular formula is C15H18FNSi. The number of anilines is 2. The highest BCUT2D eigenvalue weighted by Crippen LogP contribution is 2.19. The first-order chi connectivity index (χ1) is 8.47. The van der Waals surface area contributed by atoms with E-state index in [1.165, 1.54) is 11.3 Å². The van der Waals surface area contributed by atoms with Crippen molar-refractivity contribution in [3.63, 3.8) is 0 Å². The van der Waals surface area contributed by atoms with E-state index in [-0.39, 0.29) is 5.82 Å². The van der Waals surface area contributed by atoms with Gasteiger partial charge in [-0.3, -0.25) is 0 Å².